The molecule has 0 bridgehead atoms. The van der Waals surface area contributed by atoms with Crippen LogP contribution < -0.4 is 10.0 Å². The topological polar surface area (TPSA) is 89.5 Å². The lowest BCUT2D eigenvalue weighted by Crippen LogP contribution is -2.48. The Kier molecular flexibility index (Phi) is 6.18. The number of piperazine rings is 1. The molecule has 0 atom stereocenters. The summed E-state index contributed by atoms with van der Waals surface area (Å²) in [6.07, 6.45) is 0. The summed E-state index contributed by atoms with van der Waals surface area (Å²) in [4.78, 5) is 35.8. The number of aryl methyl sites for hydroxylation is 1. The van der Waals surface area contributed by atoms with Gasteiger partial charge in [0, 0.05) is 50.1 Å². The number of anilines is 1. The standard InChI is InChI=1S/C20H24N4O3S/c1-13-14(2)21-20(28-12-16-4-6-17(7-5-16)19(26)27)22-18(13)24-10-8-23(9-11-24)15(3)25/h4-7H,8-12H2,1-3H3,(H,26,27)/p-1. The fraction of sp³-hybridized carbons (Fsp3) is 0.400. The molecule has 0 saturated carbocycles. The number of benzene rings is 1. The van der Waals surface area contributed by atoms with E-state index in [1.54, 1.807) is 31.2 Å². The molecule has 1 aliphatic rings. The van der Waals surface area contributed by atoms with Crippen LogP contribution in [0.2, 0.25) is 0 Å². The summed E-state index contributed by atoms with van der Waals surface area (Å²) in [5.74, 6) is 0.501. The Bertz CT molecular complexity index is 878. The Morgan fingerprint density at radius 1 is 1.07 bits per heavy atom. The van der Waals surface area contributed by atoms with Crippen LogP contribution in [0.25, 0.3) is 0 Å². The average molecular weight is 399 g/mol. The molecule has 2 aromatic rings. The number of carboxylic acid groups (broad SMARTS) is 1. The first-order chi connectivity index (χ1) is 13.3. The van der Waals surface area contributed by atoms with Crippen LogP contribution >= 0.6 is 11.8 Å². The summed E-state index contributed by atoms with van der Waals surface area (Å²) in [6.45, 7) is 8.51. The first-order valence-corrected chi connectivity index (χ1v) is 10.1. The van der Waals surface area contributed by atoms with Gasteiger partial charge < -0.3 is 19.7 Å². The zero-order valence-electron chi connectivity index (χ0n) is 16.3. The summed E-state index contributed by atoms with van der Waals surface area (Å²) in [6, 6.07) is 6.65. The number of amides is 1. The van der Waals surface area contributed by atoms with Crippen molar-refractivity contribution in [2.75, 3.05) is 31.1 Å². The number of rotatable bonds is 5. The molecule has 1 saturated heterocycles. The highest BCUT2D eigenvalue weighted by atomic mass is 32.2. The van der Waals surface area contributed by atoms with E-state index in [1.165, 1.54) is 11.8 Å². The van der Waals surface area contributed by atoms with Crippen molar-refractivity contribution in [3.8, 4) is 0 Å². The largest absolute Gasteiger partial charge is 0.545 e. The number of aromatic carboxylic acids is 1. The summed E-state index contributed by atoms with van der Waals surface area (Å²) in [5.41, 5.74) is 3.16. The lowest BCUT2D eigenvalue weighted by molar-refractivity contribution is -0.255. The van der Waals surface area contributed by atoms with Gasteiger partial charge in [0.25, 0.3) is 0 Å². The van der Waals surface area contributed by atoms with Gasteiger partial charge in [-0.25, -0.2) is 9.97 Å². The van der Waals surface area contributed by atoms with E-state index < -0.39 is 5.97 Å². The molecule has 1 amide bonds. The van der Waals surface area contributed by atoms with Crippen molar-refractivity contribution in [2.24, 2.45) is 0 Å². The Morgan fingerprint density at radius 2 is 1.71 bits per heavy atom. The van der Waals surface area contributed by atoms with Gasteiger partial charge in [-0.2, -0.15) is 0 Å². The van der Waals surface area contributed by atoms with Gasteiger partial charge >= 0.3 is 0 Å². The van der Waals surface area contributed by atoms with Crippen molar-refractivity contribution in [2.45, 2.75) is 31.7 Å². The highest BCUT2D eigenvalue weighted by molar-refractivity contribution is 7.98. The summed E-state index contributed by atoms with van der Waals surface area (Å²) in [5, 5.41) is 11.5. The quantitative estimate of drug-likeness (QED) is 0.555. The SMILES string of the molecule is CC(=O)N1CCN(c2nc(SCc3ccc(C(=O)[O-])cc3)nc(C)c2C)CC1. The Labute approximate surface area is 168 Å². The minimum absolute atomic E-state index is 0.108. The maximum atomic E-state index is 11.5. The Balaban J connectivity index is 1.71. The molecule has 0 spiro atoms. The summed E-state index contributed by atoms with van der Waals surface area (Å²) < 4.78 is 0. The molecular formula is C20H23N4O3S-. The minimum Gasteiger partial charge on any atom is -0.545 e. The molecule has 0 radical (unpaired) electrons. The van der Waals surface area contributed by atoms with Crippen molar-refractivity contribution in [3.05, 3.63) is 46.6 Å². The molecule has 1 aliphatic heterocycles. The molecule has 28 heavy (non-hydrogen) atoms. The molecule has 0 unspecified atom stereocenters. The van der Waals surface area contributed by atoms with Crippen molar-refractivity contribution in [1.82, 2.24) is 14.9 Å². The Morgan fingerprint density at radius 3 is 2.29 bits per heavy atom. The minimum atomic E-state index is -1.17. The van der Waals surface area contributed by atoms with Crippen LogP contribution in [0.1, 0.15) is 34.1 Å². The van der Waals surface area contributed by atoms with E-state index in [4.69, 9.17) is 4.98 Å². The fourth-order valence-electron chi connectivity index (χ4n) is 3.08. The number of carbonyl (C=O) groups excluding carboxylic acids is 2. The van der Waals surface area contributed by atoms with Crippen molar-refractivity contribution >= 4 is 29.5 Å². The zero-order chi connectivity index (χ0) is 20.3. The second-order valence-corrected chi connectivity index (χ2v) is 7.75. The van der Waals surface area contributed by atoms with E-state index in [1.807, 2.05) is 18.7 Å². The van der Waals surface area contributed by atoms with Crippen molar-refractivity contribution in [3.63, 3.8) is 0 Å². The number of thioether (sulfide) groups is 1. The Hall–Kier alpha value is -2.61. The molecule has 7 nitrogen and oxygen atoms in total. The fourth-order valence-corrected chi connectivity index (χ4v) is 3.92. The maximum absolute atomic E-state index is 11.5. The second-order valence-electron chi connectivity index (χ2n) is 6.81. The van der Waals surface area contributed by atoms with E-state index in [9.17, 15) is 14.7 Å². The molecular weight excluding hydrogens is 376 g/mol. The predicted octanol–water partition coefficient (Wildman–Crippen LogP) is 1.42. The summed E-state index contributed by atoms with van der Waals surface area (Å²) >= 11 is 1.52. The molecule has 3 rings (SSSR count). The van der Waals surface area contributed by atoms with Crippen LogP contribution in [0.3, 0.4) is 0 Å². The van der Waals surface area contributed by atoms with Crippen LogP contribution in [0.5, 0.6) is 0 Å². The normalized spacial score (nSPS) is 14.2. The molecule has 1 aromatic carbocycles. The summed E-state index contributed by atoms with van der Waals surface area (Å²) in [7, 11) is 0. The van der Waals surface area contributed by atoms with Crippen LogP contribution in [0, 0.1) is 13.8 Å². The van der Waals surface area contributed by atoms with Crippen LogP contribution in [0.15, 0.2) is 29.4 Å². The number of hydrogen-bond donors (Lipinski definition) is 0. The highest BCUT2D eigenvalue weighted by Gasteiger charge is 2.22. The molecule has 2 heterocycles. The van der Waals surface area contributed by atoms with Gasteiger partial charge in [0.1, 0.15) is 5.82 Å². The van der Waals surface area contributed by atoms with Crippen molar-refractivity contribution < 1.29 is 14.7 Å². The van der Waals surface area contributed by atoms with Gasteiger partial charge in [-0.05, 0) is 25.0 Å². The van der Waals surface area contributed by atoms with E-state index >= 15 is 0 Å². The molecule has 8 heteroatoms. The van der Waals surface area contributed by atoms with Gasteiger partial charge in [0.15, 0.2) is 5.16 Å². The third-order valence-corrected chi connectivity index (χ3v) is 5.84. The number of hydrogen-bond acceptors (Lipinski definition) is 7. The molecule has 0 aliphatic carbocycles. The molecule has 1 fully saturated rings. The van der Waals surface area contributed by atoms with Gasteiger partial charge in [0.2, 0.25) is 5.91 Å². The van der Waals surface area contributed by atoms with Crippen molar-refractivity contribution in [1.29, 1.82) is 0 Å². The van der Waals surface area contributed by atoms with E-state index in [2.05, 4.69) is 9.88 Å². The monoisotopic (exact) mass is 399 g/mol. The molecule has 1 aromatic heterocycles. The predicted molar refractivity (Wildman–Crippen MR) is 106 cm³/mol. The smallest absolute Gasteiger partial charge is 0.219 e. The number of aromatic nitrogens is 2. The van der Waals surface area contributed by atoms with Gasteiger partial charge in [-0.3, -0.25) is 4.79 Å². The number of carboxylic acids is 1. The molecule has 0 N–H and O–H groups in total. The number of carbonyl (C=O) groups is 2. The maximum Gasteiger partial charge on any atom is 0.219 e. The third-order valence-electron chi connectivity index (χ3n) is 4.93. The van der Waals surface area contributed by atoms with Gasteiger partial charge in [-0.1, -0.05) is 36.0 Å². The van der Waals surface area contributed by atoms with E-state index in [0.717, 1.165) is 35.7 Å². The van der Waals surface area contributed by atoms with E-state index in [0.29, 0.717) is 24.0 Å². The zero-order valence-corrected chi connectivity index (χ0v) is 17.1. The van der Waals surface area contributed by atoms with Crippen LogP contribution in [0.4, 0.5) is 5.82 Å². The van der Waals surface area contributed by atoms with Crippen LogP contribution in [-0.4, -0.2) is 52.9 Å². The van der Waals surface area contributed by atoms with E-state index in [-0.39, 0.29) is 11.5 Å². The third kappa shape index (κ3) is 4.62. The van der Waals surface area contributed by atoms with Gasteiger partial charge in [0.05, 0.1) is 5.97 Å². The lowest BCUT2D eigenvalue weighted by atomic mass is 10.1. The number of nitrogens with zero attached hydrogens (tertiary/aromatic N) is 4. The molecule has 148 valence electrons. The highest BCUT2D eigenvalue weighted by Crippen LogP contribution is 2.27. The lowest BCUT2D eigenvalue weighted by Gasteiger charge is -2.35. The second kappa shape index (κ2) is 8.60. The first-order valence-electron chi connectivity index (χ1n) is 9.14. The van der Waals surface area contributed by atoms with Crippen LogP contribution in [-0.2, 0) is 10.5 Å². The average Bonchev–Trinajstić information content (AvgIpc) is 2.69. The first kappa shape index (κ1) is 20.1. The van der Waals surface area contributed by atoms with Gasteiger partial charge in [-0.15, -0.1) is 0 Å².